The molecule has 0 fully saturated rings. The van der Waals surface area contributed by atoms with Gasteiger partial charge in [-0.3, -0.25) is 4.79 Å². The Morgan fingerprint density at radius 3 is 2.71 bits per heavy atom. The summed E-state index contributed by atoms with van der Waals surface area (Å²) < 4.78 is 7.75. The number of carbonyl (C=O) groups excluding carboxylic acids is 1. The molecule has 34 heavy (non-hydrogen) atoms. The van der Waals surface area contributed by atoms with Crippen molar-refractivity contribution in [1.82, 2.24) is 19.7 Å². The fourth-order valence-corrected chi connectivity index (χ4v) is 5.00. The summed E-state index contributed by atoms with van der Waals surface area (Å²) in [4.78, 5) is 17.2. The van der Waals surface area contributed by atoms with E-state index in [2.05, 4.69) is 52.5 Å². The fourth-order valence-electron chi connectivity index (χ4n) is 3.46. The number of thiazole rings is 1. The zero-order valence-electron chi connectivity index (χ0n) is 19.7. The monoisotopic (exact) mass is 493 g/mol. The molecule has 176 valence electrons. The highest BCUT2D eigenvalue weighted by molar-refractivity contribution is 7.99. The number of para-hydroxylation sites is 1. The van der Waals surface area contributed by atoms with Gasteiger partial charge in [0.2, 0.25) is 5.91 Å². The van der Waals surface area contributed by atoms with Crippen molar-refractivity contribution < 1.29 is 9.53 Å². The van der Waals surface area contributed by atoms with Gasteiger partial charge in [0.15, 0.2) is 16.1 Å². The maximum absolute atomic E-state index is 12.6. The smallest absolute Gasteiger partial charge is 0.236 e. The van der Waals surface area contributed by atoms with Crippen molar-refractivity contribution in [2.45, 2.75) is 39.4 Å². The average Bonchev–Trinajstić information content (AvgIpc) is 3.47. The van der Waals surface area contributed by atoms with Crippen LogP contribution in [-0.4, -0.2) is 38.0 Å². The van der Waals surface area contributed by atoms with Gasteiger partial charge < -0.3 is 14.6 Å². The lowest BCUT2D eigenvalue weighted by molar-refractivity contribution is -0.113. The van der Waals surface area contributed by atoms with Gasteiger partial charge in [-0.1, -0.05) is 36.0 Å². The Bertz CT molecular complexity index is 1300. The first-order valence-corrected chi connectivity index (χ1v) is 13.0. The van der Waals surface area contributed by atoms with E-state index in [1.165, 1.54) is 34.2 Å². The third kappa shape index (κ3) is 5.31. The molecule has 0 spiro atoms. The number of carbonyl (C=O) groups is 1. The predicted octanol–water partition coefficient (Wildman–Crippen LogP) is 5.83. The summed E-state index contributed by atoms with van der Waals surface area (Å²) in [5.41, 5.74) is 5.26. The quantitative estimate of drug-likeness (QED) is 0.295. The summed E-state index contributed by atoms with van der Waals surface area (Å²) in [6.45, 7) is 9.41. The molecule has 0 bridgehead atoms. The number of rotatable bonds is 9. The lowest BCUT2D eigenvalue weighted by Crippen LogP contribution is -2.14. The van der Waals surface area contributed by atoms with Gasteiger partial charge >= 0.3 is 0 Å². The van der Waals surface area contributed by atoms with Gasteiger partial charge in [-0.05, 0) is 57.0 Å². The Morgan fingerprint density at radius 1 is 1.12 bits per heavy atom. The van der Waals surface area contributed by atoms with E-state index < -0.39 is 0 Å². The first kappa shape index (κ1) is 24.0. The van der Waals surface area contributed by atoms with Crippen molar-refractivity contribution in [2.75, 3.05) is 17.7 Å². The molecular weight excluding hydrogens is 466 g/mol. The Morgan fingerprint density at radius 2 is 1.94 bits per heavy atom. The van der Waals surface area contributed by atoms with E-state index >= 15 is 0 Å². The van der Waals surface area contributed by atoms with E-state index in [0.717, 1.165) is 28.4 Å². The first-order chi connectivity index (χ1) is 16.5. The van der Waals surface area contributed by atoms with E-state index in [-0.39, 0.29) is 11.7 Å². The number of nitrogens with one attached hydrogen (secondary N) is 1. The molecule has 0 aliphatic heterocycles. The second kappa shape index (κ2) is 10.8. The third-order valence-electron chi connectivity index (χ3n) is 5.35. The molecule has 0 aliphatic rings. The van der Waals surface area contributed by atoms with E-state index in [0.29, 0.717) is 23.4 Å². The summed E-state index contributed by atoms with van der Waals surface area (Å²) >= 11 is 2.77. The molecule has 2 aromatic carbocycles. The number of aryl methyl sites for hydroxylation is 2. The topological polar surface area (TPSA) is 81.9 Å². The van der Waals surface area contributed by atoms with Gasteiger partial charge in [0, 0.05) is 17.5 Å². The van der Waals surface area contributed by atoms with Crippen molar-refractivity contribution >= 4 is 34.1 Å². The minimum atomic E-state index is -0.132. The van der Waals surface area contributed by atoms with Gasteiger partial charge in [-0.2, -0.15) is 0 Å². The molecule has 0 atom stereocenters. The van der Waals surface area contributed by atoms with Crippen molar-refractivity contribution in [3.05, 3.63) is 59.0 Å². The molecule has 9 heteroatoms. The number of ether oxygens (including phenoxy) is 1. The highest BCUT2D eigenvalue weighted by Gasteiger charge is 2.18. The van der Waals surface area contributed by atoms with Gasteiger partial charge in [0.1, 0.15) is 5.75 Å². The zero-order valence-corrected chi connectivity index (χ0v) is 21.3. The Hall–Kier alpha value is -3.17. The van der Waals surface area contributed by atoms with Crippen molar-refractivity contribution in [1.29, 1.82) is 0 Å². The average molecular weight is 494 g/mol. The number of amides is 1. The normalized spacial score (nSPS) is 10.9. The molecule has 7 nitrogen and oxygen atoms in total. The van der Waals surface area contributed by atoms with Crippen molar-refractivity contribution in [3.8, 4) is 28.4 Å². The van der Waals surface area contributed by atoms with E-state index in [1.807, 2.05) is 48.1 Å². The maximum atomic E-state index is 12.6. The maximum Gasteiger partial charge on any atom is 0.236 e. The minimum absolute atomic E-state index is 0.132. The summed E-state index contributed by atoms with van der Waals surface area (Å²) in [7, 11) is 0. The summed E-state index contributed by atoms with van der Waals surface area (Å²) in [6.07, 6.45) is 0. The fraction of sp³-hybridized carbons (Fsp3) is 0.280. The van der Waals surface area contributed by atoms with Crippen LogP contribution in [0.3, 0.4) is 0 Å². The number of thioether (sulfide) groups is 1. The van der Waals surface area contributed by atoms with Crippen LogP contribution >= 0.6 is 23.1 Å². The van der Waals surface area contributed by atoms with Crippen LogP contribution < -0.4 is 10.1 Å². The second-order valence-corrected chi connectivity index (χ2v) is 9.45. The molecule has 0 unspecified atom stereocenters. The molecule has 1 N–H and O–H groups in total. The van der Waals surface area contributed by atoms with Crippen LogP contribution in [0, 0.1) is 13.8 Å². The molecule has 1 amide bonds. The lowest BCUT2D eigenvalue weighted by Gasteiger charge is -2.11. The summed E-state index contributed by atoms with van der Waals surface area (Å²) in [6, 6.07) is 14.0. The number of nitrogens with zero attached hydrogens (tertiary/aromatic N) is 4. The predicted molar refractivity (Wildman–Crippen MR) is 139 cm³/mol. The van der Waals surface area contributed by atoms with Crippen LogP contribution in [0.15, 0.2) is 53.0 Å². The summed E-state index contributed by atoms with van der Waals surface area (Å²) in [5.74, 6) is 1.58. The molecule has 4 aromatic rings. The Kier molecular flexibility index (Phi) is 7.64. The Balaban J connectivity index is 1.42. The number of benzene rings is 2. The number of anilines is 1. The SMILES string of the molecule is CCOc1ccccc1-c1nnc(SCC(=O)Nc2nc(-c3ccc(C)c(C)c3)cs2)n1CC. The molecular formula is C25H27N5O2S2. The standard InChI is InChI=1S/C25H27N5O2S2/c1-5-30-23(19-9-7-8-10-21(19)32-6-2)28-29-25(30)34-15-22(31)27-24-26-20(14-33-24)18-12-11-16(3)17(4)13-18/h7-14H,5-6,15H2,1-4H3,(H,26,27,31). The van der Waals surface area contributed by atoms with Crippen LogP contribution in [-0.2, 0) is 11.3 Å². The van der Waals surface area contributed by atoms with Crippen molar-refractivity contribution in [2.24, 2.45) is 0 Å². The second-order valence-electron chi connectivity index (χ2n) is 7.65. The molecule has 0 aliphatic carbocycles. The highest BCUT2D eigenvalue weighted by atomic mass is 32.2. The van der Waals surface area contributed by atoms with Crippen LogP contribution in [0.1, 0.15) is 25.0 Å². The Labute approximate surface area is 207 Å². The van der Waals surface area contributed by atoms with Crippen LogP contribution in [0.25, 0.3) is 22.6 Å². The minimum Gasteiger partial charge on any atom is -0.493 e. The van der Waals surface area contributed by atoms with Gasteiger partial charge in [-0.25, -0.2) is 4.98 Å². The molecule has 0 saturated carbocycles. The van der Waals surface area contributed by atoms with E-state index in [1.54, 1.807) is 0 Å². The summed E-state index contributed by atoms with van der Waals surface area (Å²) in [5, 5.41) is 14.8. The highest BCUT2D eigenvalue weighted by Crippen LogP contribution is 2.31. The number of aromatic nitrogens is 4. The number of hydrogen-bond acceptors (Lipinski definition) is 7. The van der Waals surface area contributed by atoms with E-state index in [9.17, 15) is 4.79 Å². The lowest BCUT2D eigenvalue weighted by atomic mass is 10.1. The van der Waals surface area contributed by atoms with Crippen LogP contribution in [0.4, 0.5) is 5.13 Å². The molecule has 0 radical (unpaired) electrons. The van der Waals surface area contributed by atoms with E-state index in [4.69, 9.17) is 4.74 Å². The van der Waals surface area contributed by atoms with Crippen LogP contribution in [0.2, 0.25) is 0 Å². The number of hydrogen-bond donors (Lipinski definition) is 1. The van der Waals surface area contributed by atoms with Gasteiger partial charge in [0.05, 0.1) is 23.6 Å². The third-order valence-corrected chi connectivity index (χ3v) is 7.07. The molecule has 4 rings (SSSR count). The first-order valence-electron chi connectivity index (χ1n) is 11.1. The van der Waals surface area contributed by atoms with Gasteiger partial charge in [0.25, 0.3) is 0 Å². The molecule has 0 saturated heterocycles. The van der Waals surface area contributed by atoms with Crippen molar-refractivity contribution in [3.63, 3.8) is 0 Å². The largest absolute Gasteiger partial charge is 0.493 e. The molecule has 2 heterocycles. The zero-order chi connectivity index (χ0) is 24.1. The van der Waals surface area contributed by atoms with Crippen LogP contribution in [0.5, 0.6) is 5.75 Å². The van der Waals surface area contributed by atoms with Gasteiger partial charge in [-0.15, -0.1) is 21.5 Å². The molecule has 2 aromatic heterocycles.